The van der Waals surface area contributed by atoms with E-state index in [9.17, 15) is 19.7 Å². The van der Waals surface area contributed by atoms with Crippen LogP contribution in [-0.4, -0.2) is 35.5 Å². The maximum Gasteiger partial charge on any atom is 0.345 e. The van der Waals surface area contributed by atoms with Crippen molar-refractivity contribution in [3.8, 4) is 0 Å². The molecule has 2 rings (SSSR count). The molecule has 1 heterocycles. The van der Waals surface area contributed by atoms with Gasteiger partial charge in [0.25, 0.3) is 5.69 Å². The van der Waals surface area contributed by atoms with Crippen molar-refractivity contribution in [1.29, 1.82) is 0 Å². The van der Waals surface area contributed by atoms with E-state index in [2.05, 4.69) is 10.6 Å². The van der Waals surface area contributed by atoms with E-state index in [4.69, 9.17) is 4.74 Å². The van der Waals surface area contributed by atoms with Gasteiger partial charge < -0.3 is 15.4 Å². The third-order valence-corrected chi connectivity index (χ3v) is 4.51. The van der Waals surface area contributed by atoms with Crippen molar-refractivity contribution < 1.29 is 24.6 Å². The van der Waals surface area contributed by atoms with Gasteiger partial charge in [-0.15, -0.1) is 0 Å². The van der Waals surface area contributed by atoms with E-state index in [1.165, 1.54) is 25.1 Å². The van der Waals surface area contributed by atoms with Crippen LogP contribution in [0.1, 0.15) is 44.0 Å². The van der Waals surface area contributed by atoms with Gasteiger partial charge in [0.2, 0.25) is 5.91 Å². The molecular weight excluding hydrogens is 326 g/mol. The minimum Gasteiger partial charge on any atom is -0.456 e. The molecule has 8 heteroatoms. The molecule has 1 aliphatic rings. The first-order chi connectivity index (χ1) is 11.7. The standard InChI is InChI=1S/C17H23N3O5/c1-11(21)19-13-4-5-15(20(23)24)14(10-13)16(22)25-17(2,3)12-6-8-18-9-7-12/h4-5,10,12,18H,6-9H2,1-3H3,(H,19,21)/p+1. The summed E-state index contributed by atoms with van der Waals surface area (Å²) in [7, 11) is 0. The molecule has 1 saturated heterocycles. The highest BCUT2D eigenvalue weighted by Gasteiger charge is 2.37. The van der Waals surface area contributed by atoms with Gasteiger partial charge in [-0.3, -0.25) is 14.9 Å². The summed E-state index contributed by atoms with van der Waals surface area (Å²) < 4.78 is 5.64. The number of nitro groups is 1. The Morgan fingerprint density at radius 1 is 1.32 bits per heavy atom. The Morgan fingerprint density at radius 3 is 2.52 bits per heavy atom. The number of nitrogens with two attached hydrogens (primary N) is 1. The van der Waals surface area contributed by atoms with E-state index >= 15 is 0 Å². The number of carbonyl (C=O) groups excluding carboxylic acids is 2. The Morgan fingerprint density at radius 2 is 1.96 bits per heavy atom. The number of anilines is 1. The first-order valence-corrected chi connectivity index (χ1v) is 8.31. The van der Waals surface area contributed by atoms with Crippen LogP contribution in [0, 0.1) is 16.0 Å². The Bertz CT molecular complexity index is 681. The lowest BCUT2D eigenvalue weighted by Crippen LogP contribution is -2.86. The fourth-order valence-corrected chi connectivity index (χ4v) is 3.14. The van der Waals surface area contributed by atoms with Crippen molar-refractivity contribution in [2.75, 3.05) is 18.4 Å². The smallest absolute Gasteiger partial charge is 0.345 e. The van der Waals surface area contributed by atoms with Crippen LogP contribution < -0.4 is 10.6 Å². The van der Waals surface area contributed by atoms with Gasteiger partial charge in [-0.25, -0.2) is 4.79 Å². The summed E-state index contributed by atoms with van der Waals surface area (Å²) in [6, 6.07) is 3.87. The molecule has 3 N–H and O–H groups in total. The second-order valence-corrected chi connectivity index (χ2v) is 6.80. The van der Waals surface area contributed by atoms with Crippen molar-refractivity contribution in [3.63, 3.8) is 0 Å². The number of ether oxygens (including phenoxy) is 1. The Kier molecular flexibility index (Phi) is 5.73. The molecule has 0 aromatic heterocycles. The Hall–Kier alpha value is -2.48. The van der Waals surface area contributed by atoms with Gasteiger partial charge in [0.05, 0.1) is 18.0 Å². The molecule has 0 aliphatic carbocycles. The molecular formula is C17H24N3O5+. The first-order valence-electron chi connectivity index (χ1n) is 8.31. The molecule has 0 atom stereocenters. The van der Waals surface area contributed by atoms with Crippen LogP contribution in [0.25, 0.3) is 0 Å². The van der Waals surface area contributed by atoms with Crippen molar-refractivity contribution in [1.82, 2.24) is 0 Å². The first kappa shape index (κ1) is 18.9. The largest absolute Gasteiger partial charge is 0.456 e. The Labute approximate surface area is 146 Å². The average Bonchev–Trinajstić information content (AvgIpc) is 2.54. The molecule has 0 bridgehead atoms. The molecule has 1 aromatic rings. The lowest BCUT2D eigenvalue weighted by atomic mass is 9.83. The van der Waals surface area contributed by atoms with Crippen LogP contribution in [0.3, 0.4) is 0 Å². The second kappa shape index (κ2) is 7.60. The lowest BCUT2D eigenvalue weighted by molar-refractivity contribution is -0.665. The fraction of sp³-hybridized carbons (Fsp3) is 0.529. The van der Waals surface area contributed by atoms with E-state index in [-0.39, 0.29) is 23.1 Å². The average molecular weight is 350 g/mol. The molecule has 1 fully saturated rings. The highest BCUT2D eigenvalue weighted by molar-refractivity contribution is 5.97. The van der Waals surface area contributed by atoms with Gasteiger partial charge in [0.15, 0.2) is 0 Å². The number of benzene rings is 1. The molecule has 0 radical (unpaired) electrons. The number of nitrogens with zero attached hydrogens (tertiary/aromatic N) is 1. The Balaban J connectivity index is 2.26. The maximum absolute atomic E-state index is 12.6. The lowest BCUT2D eigenvalue weighted by Gasteiger charge is -2.35. The van der Waals surface area contributed by atoms with E-state index in [0.717, 1.165) is 25.9 Å². The number of hydrogen-bond donors (Lipinski definition) is 2. The van der Waals surface area contributed by atoms with Crippen LogP contribution in [-0.2, 0) is 9.53 Å². The topological polar surface area (TPSA) is 115 Å². The minimum absolute atomic E-state index is 0.160. The molecule has 25 heavy (non-hydrogen) atoms. The monoisotopic (exact) mass is 350 g/mol. The molecule has 0 spiro atoms. The van der Waals surface area contributed by atoms with E-state index < -0.39 is 16.5 Å². The van der Waals surface area contributed by atoms with Gasteiger partial charge >= 0.3 is 5.97 Å². The summed E-state index contributed by atoms with van der Waals surface area (Å²) in [5.74, 6) is -0.871. The van der Waals surface area contributed by atoms with E-state index in [0.29, 0.717) is 5.69 Å². The SMILES string of the molecule is CC(=O)Nc1ccc([N+](=O)[O-])c(C(=O)OC(C)(C)C2CC[NH2+]CC2)c1. The van der Waals surface area contributed by atoms with Gasteiger partial charge in [-0.05, 0) is 26.0 Å². The number of rotatable bonds is 5. The van der Waals surface area contributed by atoms with Crippen molar-refractivity contribution >= 4 is 23.3 Å². The zero-order valence-electron chi connectivity index (χ0n) is 14.7. The third kappa shape index (κ3) is 4.76. The van der Waals surface area contributed by atoms with Crippen molar-refractivity contribution in [2.45, 2.75) is 39.2 Å². The summed E-state index contributed by atoms with van der Waals surface area (Å²) in [6.07, 6.45) is 1.85. The number of quaternary nitrogens is 1. The highest BCUT2D eigenvalue weighted by atomic mass is 16.6. The number of nitrogens with one attached hydrogen (secondary N) is 1. The molecule has 1 aromatic carbocycles. The highest BCUT2D eigenvalue weighted by Crippen LogP contribution is 2.31. The summed E-state index contributed by atoms with van der Waals surface area (Å²) in [5, 5.41) is 16.0. The van der Waals surface area contributed by atoms with Crippen molar-refractivity contribution in [3.05, 3.63) is 33.9 Å². The number of esters is 1. The predicted octanol–water partition coefficient (Wildman–Crippen LogP) is 1.46. The van der Waals surface area contributed by atoms with Crippen LogP contribution in [0.2, 0.25) is 0 Å². The van der Waals surface area contributed by atoms with Crippen LogP contribution in [0.5, 0.6) is 0 Å². The van der Waals surface area contributed by atoms with Gasteiger partial charge in [-0.1, -0.05) is 0 Å². The molecule has 8 nitrogen and oxygen atoms in total. The van der Waals surface area contributed by atoms with Crippen LogP contribution >= 0.6 is 0 Å². The summed E-state index contributed by atoms with van der Waals surface area (Å²) in [5.41, 5.74) is -0.905. The number of carbonyl (C=O) groups is 2. The summed E-state index contributed by atoms with van der Waals surface area (Å²) in [4.78, 5) is 34.4. The van der Waals surface area contributed by atoms with E-state index in [1.807, 2.05) is 13.8 Å². The number of piperidine rings is 1. The minimum atomic E-state index is -0.751. The molecule has 0 unspecified atom stereocenters. The molecule has 136 valence electrons. The summed E-state index contributed by atoms with van der Waals surface area (Å²) >= 11 is 0. The van der Waals surface area contributed by atoms with Gasteiger partial charge in [0.1, 0.15) is 11.2 Å². The van der Waals surface area contributed by atoms with Crippen LogP contribution in [0.4, 0.5) is 11.4 Å². The zero-order chi connectivity index (χ0) is 18.6. The number of hydrogen-bond acceptors (Lipinski definition) is 5. The van der Waals surface area contributed by atoms with Gasteiger partial charge in [0, 0.05) is 37.4 Å². The second-order valence-electron chi connectivity index (χ2n) is 6.80. The fourth-order valence-electron chi connectivity index (χ4n) is 3.14. The van der Waals surface area contributed by atoms with Gasteiger partial charge in [-0.2, -0.15) is 0 Å². The molecule has 1 aliphatic heterocycles. The number of nitro benzene ring substituents is 1. The van der Waals surface area contributed by atoms with Crippen molar-refractivity contribution in [2.24, 2.45) is 5.92 Å². The van der Waals surface area contributed by atoms with Crippen LogP contribution in [0.15, 0.2) is 18.2 Å². The molecule has 1 amide bonds. The predicted molar refractivity (Wildman–Crippen MR) is 91.3 cm³/mol. The normalized spacial score (nSPS) is 15.5. The maximum atomic E-state index is 12.6. The van der Waals surface area contributed by atoms with E-state index in [1.54, 1.807) is 0 Å². The number of amides is 1. The quantitative estimate of drug-likeness (QED) is 0.474. The molecule has 0 saturated carbocycles. The third-order valence-electron chi connectivity index (χ3n) is 4.51. The summed E-state index contributed by atoms with van der Waals surface area (Å²) in [6.45, 7) is 6.95. The zero-order valence-corrected chi connectivity index (χ0v) is 14.7.